The minimum Gasteiger partial charge on any atom is -0.394 e. The second-order valence-electron chi connectivity index (χ2n) is 5.03. The molecule has 4 N–H and O–H groups in total. The van der Waals surface area contributed by atoms with E-state index in [4.69, 9.17) is 5.73 Å². The van der Waals surface area contributed by atoms with Crippen LogP contribution >= 0.6 is 0 Å². The molecule has 1 amide bonds. The lowest BCUT2D eigenvalue weighted by molar-refractivity contribution is -0.127. The van der Waals surface area contributed by atoms with Crippen LogP contribution in [0.5, 0.6) is 0 Å². The Morgan fingerprint density at radius 3 is 2.56 bits per heavy atom. The van der Waals surface area contributed by atoms with Gasteiger partial charge < -0.3 is 16.2 Å². The van der Waals surface area contributed by atoms with Crippen molar-refractivity contribution in [3.8, 4) is 0 Å². The van der Waals surface area contributed by atoms with Gasteiger partial charge in [0.25, 0.3) is 0 Å². The first kappa shape index (κ1) is 13.1. The quantitative estimate of drug-likeness (QED) is 0.684. The molecular weight excluding hydrogens is 228 g/mol. The lowest BCUT2D eigenvalue weighted by Gasteiger charge is -2.20. The summed E-state index contributed by atoms with van der Waals surface area (Å²) in [5.74, 6) is -0.0139. The molecule has 0 spiro atoms. The molecule has 18 heavy (non-hydrogen) atoms. The van der Waals surface area contributed by atoms with E-state index in [0.29, 0.717) is 13.0 Å². The van der Waals surface area contributed by atoms with E-state index in [9.17, 15) is 9.90 Å². The topological polar surface area (TPSA) is 75.4 Å². The Morgan fingerprint density at radius 2 is 2.06 bits per heavy atom. The Morgan fingerprint density at radius 1 is 1.39 bits per heavy atom. The molecule has 0 radical (unpaired) electrons. The summed E-state index contributed by atoms with van der Waals surface area (Å²) in [5.41, 5.74) is 6.37. The van der Waals surface area contributed by atoms with Crippen molar-refractivity contribution in [2.24, 2.45) is 11.1 Å². The summed E-state index contributed by atoms with van der Waals surface area (Å²) in [5, 5.41) is 12.2. The van der Waals surface area contributed by atoms with Gasteiger partial charge in [0.2, 0.25) is 5.91 Å². The predicted octanol–water partition coefficient (Wildman–Crippen LogP) is 0.445. The largest absolute Gasteiger partial charge is 0.394 e. The molecule has 0 bridgehead atoms. The monoisotopic (exact) mass is 248 g/mol. The fraction of sp³-hybridized carbons (Fsp3) is 0.500. The van der Waals surface area contributed by atoms with Crippen LogP contribution in [0.1, 0.15) is 18.4 Å². The Bertz CT molecular complexity index is 402. The maximum absolute atomic E-state index is 12.0. The molecule has 1 aromatic carbocycles. The van der Waals surface area contributed by atoms with E-state index >= 15 is 0 Å². The van der Waals surface area contributed by atoms with E-state index in [1.807, 2.05) is 30.3 Å². The molecule has 2 rings (SSSR count). The zero-order valence-electron chi connectivity index (χ0n) is 10.4. The van der Waals surface area contributed by atoms with Crippen LogP contribution in [0.3, 0.4) is 0 Å². The lowest BCUT2D eigenvalue weighted by atomic mass is 10.0. The minimum atomic E-state index is -0.357. The number of hydrogen-bond donors (Lipinski definition) is 3. The molecule has 4 nitrogen and oxygen atoms in total. The van der Waals surface area contributed by atoms with E-state index in [0.717, 1.165) is 18.4 Å². The van der Waals surface area contributed by atoms with Gasteiger partial charge in [0.15, 0.2) is 0 Å². The first-order valence-corrected chi connectivity index (χ1v) is 6.36. The number of rotatable bonds is 6. The highest BCUT2D eigenvalue weighted by Gasteiger charge is 2.48. The fourth-order valence-electron chi connectivity index (χ4n) is 2.07. The molecule has 0 unspecified atom stereocenters. The Labute approximate surface area is 107 Å². The normalized spacial score (nSPS) is 18.1. The summed E-state index contributed by atoms with van der Waals surface area (Å²) in [6.45, 7) is 0.337. The molecule has 1 aliphatic carbocycles. The molecule has 0 aromatic heterocycles. The van der Waals surface area contributed by atoms with E-state index in [2.05, 4.69) is 5.32 Å². The van der Waals surface area contributed by atoms with Crippen molar-refractivity contribution < 1.29 is 9.90 Å². The SMILES string of the molecule is NCC1(C(=O)N[C@@H](CO)Cc2ccccc2)CC1. The van der Waals surface area contributed by atoms with Crippen LogP contribution in [0.15, 0.2) is 30.3 Å². The van der Waals surface area contributed by atoms with Crippen molar-refractivity contribution in [1.82, 2.24) is 5.32 Å². The number of nitrogens with two attached hydrogens (primary N) is 1. The number of aliphatic hydroxyl groups is 1. The number of carbonyl (C=O) groups is 1. The summed E-state index contributed by atoms with van der Waals surface area (Å²) in [6.07, 6.45) is 2.36. The fourth-order valence-corrected chi connectivity index (χ4v) is 2.07. The van der Waals surface area contributed by atoms with Gasteiger partial charge in [-0.3, -0.25) is 4.79 Å². The third-order valence-corrected chi connectivity index (χ3v) is 3.61. The minimum absolute atomic E-state index is 0.0139. The molecule has 0 heterocycles. The molecular formula is C14H20N2O2. The van der Waals surface area contributed by atoms with Crippen molar-refractivity contribution in [3.05, 3.63) is 35.9 Å². The van der Waals surface area contributed by atoms with Gasteiger partial charge >= 0.3 is 0 Å². The zero-order valence-corrected chi connectivity index (χ0v) is 10.4. The van der Waals surface area contributed by atoms with Gasteiger partial charge in [-0.25, -0.2) is 0 Å². The van der Waals surface area contributed by atoms with Crippen molar-refractivity contribution >= 4 is 5.91 Å². The molecule has 1 saturated carbocycles. The first-order chi connectivity index (χ1) is 8.70. The van der Waals surface area contributed by atoms with Crippen LogP contribution in [-0.4, -0.2) is 30.2 Å². The highest BCUT2D eigenvalue weighted by molar-refractivity contribution is 5.85. The van der Waals surface area contributed by atoms with Crippen LogP contribution in [0.4, 0.5) is 0 Å². The van der Waals surface area contributed by atoms with Crippen molar-refractivity contribution in [2.75, 3.05) is 13.2 Å². The van der Waals surface area contributed by atoms with Crippen LogP contribution in [-0.2, 0) is 11.2 Å². The average molecular weight is 248 g/mol. The second kappa shape index (κ2) is 5.50. The van der Waals surface area contributed by atoms with E-state index < -0.39 is 0 Å². The van der Waals surface area contributed by atoms with Crippen molar-refractivity contribution in [2.45, 2.75) is 25.3 Å². The van der Waals surface area contributed by atoms with Gasteiger partial charge in [0.05, 0.1) is 18.1 Å². The van der Waals surface area contributed by atoms with Gasteiger partial charge in [-0.1, -0.05) is 30.3 Å². The number of amides is 1. The van der Waals surface area contributed by atoms with Crippen LogP contribution in [0.2, 0.25) is 0 Å². The highest BCUT2D eigenvalue weighted by Crippen LogP contribution is 2.44. The molecule has 4 heteroatoms. The summed E-state index contributed by atoms with van der Waals surface area (Å²) < 4.78 is 0. The Kier molecular flexibility index (Phi) is 3.99. The Balaban J connectivity index is 1.92. The molecule has 1 aliphatic rings. The van der Waals surface area contributed by atoms with Crippen LogP contribution < -0.4 is 11.1 Å². The lowest BCUT2D eigenvalue weighted by Crippen LogP contribution is -2.45. The molecule has 0 aliphatic heterocycles. The van der Waals surface area contributed by atoms with Crippen molar-refractivity contribution in [1.29, 1.82) is 0 Å². The summed E-state index contributed by atoms with van der Waals surface area (Å²) in [6, 6.07) is 9.60. The van der Waals surface area contributed by atoms with E-state index in [1.54, 1.807) is 0 Å². The molecule has 98 valence electrons. The van der Waals surface area contributed by atoms with Crippen LogP contribution in [0, 0.1) is 5.41 Å². The maximum Gasteiger partial charge on any atom is 0.227 e. The van der Waals surface area contributed by atoms with E-state index in [-0.39, 0.29) is 24.0 Å². The number of hydrogen-bond acceptors (Lipinski definition) is 3. The van der Waals surface area contributed by atoms with Gasteiger partial charge in [0, 0.05) is 6.54 Å². The highest BCUT2D eigenvalue weighted by atomic mass is 16.3. The molecule has 1 atom stereocenters. The summed E-state index contributed by atoms with van der Waals surface area (Å²) in [7, 11) is 0. The average Bonchev–Trinajstić information content (AvgIpc) is 3.20. The second-order valence-corrected chi connectivity index (χ2v) is 5.03. The van der Waals surface area contributed by atoms with Gasteiger partial charge in [-0.15, -0.1) is 0 Å². The smallest absolute Gasteiger partial charge is 0.227 e. The Hall–Kier alpha value is -1.39. The van der Waals surface area contributed by atoms with E-state index in [1.165, 1.54) is 0 Å². The standard InChI is InChI=1S/C14H20N2O2/c15-10-14(6-7-14)13(18)16-12(9-17)8-11-4-2-1-3-5-11/h1-5,12,17H,6-10,15H2,(H,16,18)/t12-/m1/s1. The van der Waals surface area contributed by atoms with Gasteiger partial charge in [-0.05, 0) is 24.8 Å². The van der Waals surface area contributed by atoms with Crippen molar-refractivity contribution in [3.63, 3.8) is 0 Å². The zero-order chi connectivity index (χ0) is 13.0. The summed E-state index contributed by atoms with van der Waals surface area (Å²) >= 11 is 0. The van der Waals surface area contributed by atoms with Crippen LogP contribution in [0.25, 0.3) is 0 Å². The molecule has 1 aromatic rings. The number of aliphatic hydroxyl groups excluding tert-OH is 1. The third kappa shape index (κ3) is 2.89. The third-order valence-electron chi connectivity index (χ3n) is 3.61. The molecule has 1 fully saturated rings. The predicted molar refractivity (Wildman–Crippen MR) is 69.9 cm³/mol. The number of carbonyl (C=O) groups excluding carboxylic acids is 1. The first-order valence-electron chi connectivity index (χ1n) is 6.36. The number of benzene rings is 1. The maximum atomic E-state index is 12.0. The van der Waals surface area contributed by atoms with Gasteiger partial charge in [-0.2, -0.15) is 0 Å². The molecule has 0 saturated heterocycles. The number of nitrogens with one attached hydrogen (secondary N) is 1. The van der Waals surface area contributed by atoms with Gasteiger partial charge in [0.1, 0.15) is 0 Å². The summed E-state index contributed by atoms with van der Waals surface area (Å²) in [4.78, 5) is 12.0.